The van der Waals surface area contributed by atoms with Crippen LogP contribution in [-0.2, 0) is 0 Å². The highest BCUT2D eigenvalue weighted by molar-refractivity contribution is 6.33. The van der Waals surface area contributed by atoms with Crippen LogP contribution in [0.25, 0.3) is 0 Å². The number of nitrogens with zero attached hydrogens (tertiary/aromatic N) is 5. The van der Waals surface area contributed by atoms with E-state index in [9.17, 15) is 4.79 Å². The molecule has 0 unspecified atom stereocenters. The summed E-state index contributed by atoms with van der Waals surface area (Å²) in [6, 6.07) is 10.9. The molecule has 0 spiro atoms. The maximum atomic E-state index is 12.8. The number of carbonyl (C=O) groups is 1. The number of hydrogen-bond acceptors (Lipinski definition) is 6. The van der Waals surface area contributed by atoms with Crippen molar-refractivity contribution in [1.29, 1.82) is 0 Å². The molecule has 0 bridgehead atoms. The number of nitrogens with one attached hydrogen (secondary N) is 1. The minimum absolute atomic E-state index is 0.230. The standard InChI is InChI=1S/C23H33ClN6O/c1-4-5-12-29(3)23-26-16-19(24)21(27-23)22(31)25-11-13-30-15-14-28(2)17-20(30)18-9-7-6-8-10-18/h6-10,16,20H,4-5,11-15,17H2,1-3H3,(H,25,31)/t20-/m1/s1. The van der Waals surface area contributed by atoms with Gasteiger partial charge in [0.2, 0.25) is 5.95 Å². The summed E-state index contributed by atoms with van der Waals surface area (Å²) in [4.78, 5) is 28.2. The predicted molar refractivity (Wildman–Crippen MR) is 126 cm³/mol. The first kappa shape index (κ1) is 23.4. The van der Waals surface area contributed by atoms with E-state index >= 15 is 0 Å². The van der Waals surface area contributed by atoms with Crippen molar-refractivity contribution in [2.24, 2.45) is 0 Å². The highest BCUT2D eigenvalue weighted by atomic mass is 35.5. The van der Waals surface area contributed by atoms with Crippen LogP contribution in [0.5, 0.6) is 0 Å². The molecule has 1 aromatic heterocycles. The molecule has 2 aromatic rings. The number of unbranched alkanes of at least 4 members (excludes halogenated alkanes) is 1. The minimum atomic E-state index is -0.261. The van der Waals surface area contributed by atoms with E-state index in [1.165, 1.54) is 11.8 Å². The van der Waals surface area contributed by atoms with Crippen LogP contribution in [0.4, 0.5) is 5.95 Å². The molecule has 1 aromatic carbocycles. The van der Waals surface area contributed by atoms with Gasteiger partial charge in [0.15, 0.2) is 5.69 Å². The summed E-state index contributed by atoms with van der Waals surface area (Å²) in [5, 5.41) is 3.26. The zero-order valence-electron chi connectivity index (χ0n) is 18.7. The molecule has 2 heterocycles. The van der Waals surface area contributed by atoms with Crippen molar-refractivity contribution in [3.8, 4) is 0 Å². The van der Waals surface area contributed by atoms with Crippen LogP contribution in [0.3, 0.4) is 0 Å². The maximum Gasteiger partial charge on any atom is 0.271 e. The number of piperazine rings is 1. The summed E-state index contributed by atoms with van der Waals surface area (Å²) in [7, 11) is 4.08. The normalized spacial score (nSPS) is 17.5. The second kappa shape index (κ2) is 11.4. The van der Waals surface area contributed by atoms with E-state index in [1.54, 1.807) is 0 Å². The first-order chi connectivity index (χ1) is 15.0. The zero-order valence-corrected chi connectivity index (χ0v) is 19.5. The molecule has 1 aliphatic rings. The fourth-order valence-corrected chi connectivity index (χ4v) is 3.99. The van der Waals surface area contributed by atoms with Gasteiger partial charge in [-0.05, 0) is 19.0 Å². The molecular weight excluding hydrogens is 412 g/mol. The van der Waals surface area contributed by atoms with Gasteiger partial charge in [0, 0.05) is 52.4 Å². The molecule has 0 aliphatic carbocycles. The number of benzene rings is 1. The number of hydrogen-bond donors (Lipinski definition) is 1. The average molecular weight is 445 g/mol. The molecule has 1 N–H and O–H groups in total. The fraction of sp³-hybridized carbons (Fsp3) is 0.522. The highest BCUT2D eigenvalue weighted by Gasteiger charge is 2.26. The average Bonchev–Trinajstić information content (AvgIpc) is 2.79. The summed E-state index contributed by atoms with van der Waals surface area (Å²) in [6.45, 7) is 7.23. The lowest BCUT2D eigenvalue weighted by molar-refractivity contribution is 0.0840. The number of rotatable bonds is 9. The van der Waals surface area contributed by atoms with Gasteiger partial charge in [0.1, 0.15) is 0 Å². The zero-order chi connectivity index (χ0) is 22.2. The summed E-state index contributed by atoms with van der Waals surface area (Å²) in [5.41, 5.74) is 1.53. The van der Waals surface area contributed by atoms with E-state index in [4.69, 9.17) is 11.6 Å². The Hall–Kier alpha value is -2.22. The fourth-order valence-electron chi connectivity index (χ4n) is 3.81. The molecule has 7 nitrogen and oxygen atoms in total. The molecule has 3 rings (SSSR count). The Morgan fingerprint density at radius 1 is 1.29 bits per heavy atom. The number of anilines is 1. The van der Waals surface area contributed by atoms with Gasteiger partial charge < -0.3 is 15.1 Å². The van der Waals surface area contributed by atoms with Gasteiger partial charge in [-0.2, -0.15) is 0 Å². The number of halogens is 1. The van der Waals surface area contributed by atoms with Crippen LogP contribution in [0.15, 0.2) is 36.5 Å². The van der Waals surface area contributed by atoms with E-state index < -0.39 is 0 Å². The molecule has 1 amide bonds. The van der Waals surface area contributed by atoms with Crippen molar-refractivity contribution in [1.82, 2.24) is 25.1 Å². The van der Waals surface area contributed by atoms with Crippen LogP contribution in [0.2, 0.25) is 5.02 Å². The van der Waals surface area contributed by atoms with E-state index in [2.05, 4.69) is 63.3 Å². The van der Waals surface area contributed by atoms with Gasteiger partial charge in [0.25, 0.3) is 5.91 Å². The SMILES string of the molecule is CCCCN(C)c1ncc(Cl)c(C(=O)NCCN2CCN(C)C[C@@H]2c2ccccc2)n1. The first-order valence-electron chi connectivity index (χ1n) is 11.0. The van der Waals surface area contributed by atoms with Crippen LogP contribution in [0.1, 0.15) is 41.9 Å². The highest BCUT2D eigenvalue weighted by Crippen LogP contribution is 2.24. The van der Waals surface area contributed by atoms with Crippen LogP contribution >= 0.6 is 11.6 Å². The number of likely N-dealkylation sites (N-methyl/N-ethyl adjacent to an activating group) is 1. The monoisotopic (exact) mass is 444 g/mol. The molecule has 1 fully saturated rings. The summed E-state index contributed by atoms with van der Waals surface area (Å²) in [6.07, 6.45) is 3.63. The second-order valence-corrected chi connectivity index (χ2v) is 8.53. The molecule has 0 radical (unpaired) electrons. The van der Waals surface area contributed by atoms with Gasteiger partial charge in [-0.25, -0.2) is 9.97 Å². The van der Waals surface area contributed by atoms with Crippen LogP contribution in [-0.4, -0.2) is 79.0 Å². The largest absolute Gasteiger partial charge is 0.349 e. The Morgan fingerprint density at radius 3 is 2.81 bits per heavy atom. The smallest absolute Gasteiger partial charge is 0.271 e. The van der Waals surface area contributed by atoms with E-state index in [0.717, 1.165) is 45.6 Å². The molecule has 0 saturated carbocycles. The Morgan fingerprint density at radius 2 is 2.06 bits per heavy atom. The molecule has 1 saturated heterocycles. The lowest BCUT2D eigenvalue weighted by Gasteiger charge is -2.40. The molecule has 8 heteroatoms. The van der Waals surface area contributed by atoms with Gasteiger partial charge in [0.05, 0.1) is 11.2 Å². The molecule has 1 aliphatic heterocycles. The Kier molecular flexibility index (Phi) is 8.63. The Balaban J connectivity index is 1.60. The van der Waals surface area contributed by atoms with Gasteiger partial charge >= 0.3 is 0 Å². The van der Waals surface area contributed by atoms with Crippen LogP contribution < -0.4 is 10.2 Å². The molecular formula is C23H33ClN6O. The lowest BCUT2D eigenvalue weighted by Crippen LogP contribution is -2.49. The third-order valence-corrected chi connectivity index (χ3v) is 5.97. The van der Waals surface area contributed by atoms with Crippen molar-refractivity contribution in [2.45, 2.75) is 25.8 Å². The second-order valence-electron chi connectivity index (χ2n) is 8.12. The Labute approximate surface area is 190 Å². The summed E-state index contributed by atoms with van der Waals surface area (Å²) >= 11 is 6.23. The van der Waals surface area contributed by atoms with E-state index in [-0.39, 0.29) is 16.6 Å². The maximum absolute atomic E-state index is 12.8. The van der Waals surface area contributed by atoms with Gasteiger partial charge in [-0.3, -0.25) is 9.69 Å². The number of carbonyl (C=O) groups excluding carboxylic acids is 1. The summed E-state index contributed by atoms with van der Waals surface area (Å²) < 4.78 is 0. The van der Waals surface area contributed by atoms with E-state index in [0.29, 0.717) is 18.5 Å². The topological polar surface area (TPSA) is 64.6 Å². The van der Waals surface area contributed by atoms with Gasteiger partial charge in [-0.1, -0.05) is 55.3 Å². The minimum Gasteiger partial charge on any atom is -0.349 e. The predicted octanol–water partition coefficient (Wildman–Crippen LogP) is 3.08. The van der Waals surface area contributed by atoms with Crippen molar-refractivity contribution in [3.63, 3.8) is 0 Å². The van der Waals surface area contributed by atoms with Crippen molar-refractivity contribution in [3.05, 3.63) is 52.8 Å². The van der Waals surface area contributed by atoms with Crippen LogP contribution in [0, 0.1) is 0 Å². The lowest BCUT2D eigenvalue weighted by atomic mass is 10.0. The molecule has 168 valence electrons. The third-order valence-electron chi connectivity index (χ3n) is 5.70. The summed E-state index contributed by atoms with van der Waals surface area (Å²) in [5.74, 6) is 0.258. The van der Waals surface area contributed by atoms with Crippen molar-refractivity contribution >= 4 is 23.5 Å². The van der Waals surface area contributed by atoms with Crippen molar-refractivity contribution < 1.29 is 4.79 Å². The van der Waals surface area contributed by atoms with E-state index in [1.807, 2.05) is 18.0 Å². The third kappa shape index (κ3) is 6.38. The molecule has 31 heavy (non-hydrogen) atoms. The number of amides is 1. The van der Waals surface area contributed by atoms with Crippen molar-refractivity contribution in [2.75, 3.05) is 58.3 Å². The Bertz CT molecular complexity index is 849. The molecule has 1 atom stereocenters. The quantitative estimate of drug-likeness (QED) is 0.641. The van der Waals surface area contributed by atoms with Gasteiger partial charge in [-0.15, -0.1) is 0 Å². The number of aromatic nitrogens is 2. The first-order valence-corrected chi connectivity index (χ1v) is 11.4.